The minimum Gasteiger partial charge on any atom is -0.321 e. The van der Waals surface area contributed by atoms with Gasteiger partial charge in [0, 0.05) is 5.75 Å². The molecule has 3 rings (SSSR count). The zero-order chi connectivity index (χ0) is 16.9. The molecule has 0 saturated carbocycles. The van der Waals surface area contributed by atoms with Gasteiger partial charge >= 0.3 is 0 Å². The molecule has 0 unspecified atom stereocenters. The summed E-state index contributed by atoms with van der Waals surface area (Å²) < 4.78 is 2.78. The lowest BCUT2D eigenvalue weighted by Gasteiger charge is -2.15. The first-order valence-electron chi connectivity index (χ1n) is 8.01. The predicted octanol–water partition coefficient (Wildman–Crippen LogP) is 4.04. The van der Waals surface area contributed by atoms with Crippen LogP contribution in [-0.2, 0) is 0 Å². The highest BCUT2D eigenvalue weighted by Crippen LogP contribution is 2.27. The van der Waals surface area contributed by atoms with Gasteiger partial charge in [-0.15, -0.1) is 15.3 Å². The fourth-order valence-corrected chi connectivity index (χ4v) is 3.98. The quantitative estimate of drug-likeness (QED) is 0.645. The second-order valence-electron chi connectivity index (χ2n) is 5.66. The molecule has 0 aliphatic heterocycles. The largest absolute Gasteiger partial charge is 0.321 e. The number of hydrogen-bond donors (Lipinski definition) is 1. The third kappa shape index (κ3) is 3.85. The number of benzene rings is 1. The van der Waals surface area contributed by atoms with Crippen molar-refractivity contribution in [1.82, 2.24) is 19.8 Å². The highest BCUT2D eigenvalue weighted by Gasteiger charge is 2.21. The number of hydrogen-bond acceptors (Lipinski definition) is 6. The first-order chi connectivity index (χ1) is 11.7. The van der Waals surface area contributed by atoms with Crippen LogP contribution in [0.15, 0.2) is 40.7 Å². The van der Waals surface area contributed by atoms with Gasteiger partial charge in [-0.05, 0) is 11.5 Å². The highest BCUT2D eigenvalue weighted by atomic mass is 32.2. The number of thioether (sulfide) groups is 1. The molecule has 0 radical (unpaired) electrons. The van der Waals surface area contributed by atoms with Crippen LogP contribution in [0.5, 0.6) is 0 Å². The van der Waals surface area contributed by atoms with Gasteiger partial charge < -0.3 is 5.73 Å². The molecule has 2 atom stereocenters. The van der Waals surface area contributed by atoms with Gasteiger partial charge in [0.2, 0.25) is 4.96 Å². The van der Waals surface area contributed by atoms with Crippen molar-refractivity contribution in [2.75, 3.05) is 5.75 Å². The van der Waals surface area contributed by atoms with Gasteiger partial charge in [-0.2, -0.15) is 4.52 Å². The lowest BCUT2D eigenvalue weighted by atomic mass is 10.00. The second kappa shape index (κ2) is 7.92. The normalized spacial score (nSPS) is 14.5. The van der Waals surface area contributed by atoms with E-state index in [0.717, 1.165) is 27.3 Å². The third-order valence-electron chi connectivity index (χ3n) is 3.96. The number of aromatic nitrogens is 4. The molecular weight excluding hydrogens is 338 g/mol. The van der Waals surface area contributed by atoms with E-state index in [-0.39, 0.29) is 6.04 Å². The molecule has 0 fully saturated rings. The van der Waals surface area contributed by atoms with Crippen LogP contribution < -0.4 is 5.73 Å². The Bertz CT molecular complexity index is 809. The van der Waals surface area contributed by atoms with Crippen molar-refractivity contribution in [2.45, 2.75) is 30.6 Å². The summed E-state index contributed by atoms with van der Waals surface area (Å²) in [5, 5.41) is 13.0. The van der Waals surface area contributed by atoms with Gasteiger partial charge in [0.15, 0.2) is 10.2 Å². The fraction of sp³-hybridized carbons (Fsp3) is 0.353. The molecule has 0 amide bonds. The summed E-state index contributed by atoms with van der Waals surface area (Å²) in [6.07, 6.45) is 5.28. The van der Waals surface area contributed by atoms with Gasteiger partial charge in [0.25, 0.3) is 0 Å². The van der Waals surface area contributed by atoms with Crippen LogP contribution in [0.1, 0.15) is 37.7 Å². The summed E-state index contributed by atoms with van der Waals surface area (Å²) in [6, 6.07) is 10.1. The van der Waals surface area contributed by atoms with Crippen molar-refractivity contribution in [3.05, 3.63) is 47.8 Å². The molecule has 0 saturated heterocycles. The van der Waals surface area contributed by atoms with Gasteiger partial charge in [-0.1, -0.05) is 85.9 Å². The first-order valence-corrected chi connectivity index (χ1v) is 9.81. The van der Waals surface area contributed by atoms with Crippen LogP contribution in [0.3, 0.4) is 0 Å². The average Bonchev–Trinajstić information content (AvgIpc) is 3.18. The second-order valence-corrected chi connectivity index (χ2v) is 7.88. The molecule has 0 bridgehead atoms. The van der Waals surface area contributed by atoms with E-state index in [0.29, 0.717) is 5.92 Å². The Kier molecular flexibility index (Phi) is 5.65. The molecule has 5 nitrogen and oxygen atoms in total. The smallest absolute Gasteiger partial charge is 0.235 e. The van der Waals surface area contributed by atoms with Crippen LogP contribution in [-0.4, -0.2) is 25.6 Å². The first kappa shape index (κ1) is 17.1. The highest BCUT2D eigenvalue weighted by molar-refractivity contribution is 8.01. The summed E-state index contributed by atoms with van der Waals surface area (Å²) in [7, 11) is 0. The Hall–Kier alpha value is -1.70. The topological polar surface area (TPSA) is 69.1 Å². The maximum atomic E-state index is 6.28. The molecule has 2 heterocycles. The standard InChI is InChI=1S/C17H21N5S2/c1-3-12(2)14(18)15-19-20-16-22(15)21-17(24-16)23-11-7-10-13-8-5-4-6-9-13/h4-10,12,14H,3,11,18H2,1-2H3/b10-7+/t12-,14-/m0/s1. The van der Waals surface area contributed by atoms with Gasteiger partial charge in [-0.3, -0.25) is 0 Å². The zero-order valence-electron chi connectivity index (χ0n) is 13.8. The average molecular weight is 360 g/mol. The van der Waals surface area contributed by atoms with Crippen LogP contribution in [0.4, 0.5) is 0 Å². The van der Waals surface area contributed by atoms with E-state index in [9.17, 15) is 0 Å². The summed E-state index contributed by atoms with van der Waals surface area (Å²) in [5.74, 6) is 1.97. The Morgan fingerprint density at radius 1 is 1.29 bits per heavy atom. The number of nitrogens with two attached hydrogens (primary N) is 1. The molecule has 0 spiro atoms. The molecule has 126 valence electrons. The molecule has 0 aliphatic carbocycles. The SMILES string of the molecule is CC[C@H](C)[C@H](N)c1nnc2sc(SC/C=C/c3ccccc3)nn12. The summed E-state index contributed by atoms with van der Waals surface area (Å²) in [4.78, 5) is 0.804. The Morgan fingerprint density at radius 3 is 2.83 bits per heavy atom. The lowest BCUT2D eigenvalue weighted by Crippen LogP contribution is -2.21. The number of nitrogens with zero attached hydrogens (tertiary/aromatic N) is 4. The molecule has 2 aromatic heterocycles. The summed E-state index contributed by atoms with van der Waals surface area (Å²) in [6.45, 7) is 4.26. The minimum atomic E-state index is -0.136. The third-order valence-corrected chi connectivity index (χ3v) is 5.95. The van der Waals surface area contributed by atoms with Crippen molar-refractivity contribution in [3.63, 3.8) is 0 Å². The van der Waals surface area contributed by atoms with Crippen LogP contribution in [0.2, 0.25) is 0 Å². The van der Waals surface area contributed by atoms with E-state index in [1.54, 1.807) is 27.6 Å². The van der Waals surface area contributed by atoms with E-state index in [4.69, 9.17) is 5.73 Å². The summed E-state index contributed by atoms with van der Waals surface area (Å²) in [5.41, 5.74) is 7.48. The number of fused-ring (bicyclic) bond motifs is 1. The molecule has 24 heavy (non-hydrogen) atoms. The Balaban J connectivity index is 1.66. The maximum absolute atomic E-state index is 6.28. The molecular formula is C17H21N5S2. The molecule has 2 N–H and O–H groups in total. The zero-order valence-corrected chi connectivity index (χ0v) is 15.4. The fourth-order valence-electron chi connectivity index (χ4n) is 2.26. The van der Waals surface area contributed by atoms with Crippen molar-refractivity contribution in [1.29, 1.82) is 0 Å². The minimum absolute atomic E-state index is 0.136. The van der Waals surface area contributed by atoms with Crippen LogP contribution in [0, 0.1) is 5.92 Å². The van der Waals surface area contributed by atoms with Crippen molar-refractivity contribution in [2.24, 2.45) is 11.7 Å². The van der Waals surface area contributed by atoms with Crippen molar-refractivity contribution >= 4 is 34.1 Å². The molecule has 0 aliphatic rings. The lowest BCUT2D eigenvalue weighted by molar-refractivity contribution is 0.431. The van der Waals surface area contributed by atoms with E-state index in [1.165, 1.54) is 5.56 Å². The van der Waals surface area contributed by atoms with Gasteiger partial charge in [0.05, 0.1) is 6.04 Å². The van der Waals surface area contributed by atoms with Crippen molar-refractivity contribution in [3.8, 4) is 0 Å². The van der Waals surface area contributed by atoms with E-state index in [1.807, 2.05) is 18.2 Å². The summed E-state index contributed by atoms with van der Waals surface area (Å²) >= 11 is 3.25. The monoisotopic (exact) mass is 359 g/mol. The maximum Gasteiger partial charge on any atom is 0.235 e. The molecule has 3 aromatic rings. The van der Waals surface area contributed by atoms with E-state index in [2.05, 4.69) is 53.4 Å². The van der Waals surface area contributed by atoms with Crippen LogP contribution in [0.25, 0.3) is 11.0 Å². The van der Waals surface area contributed by atoms with E-state index < -0.39 is 0 Å². The van der Waals surface area contributed by atoms with Gasteiger partial charge in [-0.25, -0.2) is 0 Å². The molecule has 7 heteroatoms. The number of rotatable bonds is 7. The van der Waals surface area contributed by atoms with Gasteiger partial charge in [0.1, 0.15) is 0 Å². The Morgan fingerprint density at radius 2 is 2.08 bits per heavy atom. The molecule has 1 aromatic carbocycles. The predicted molar refractivity (Wildman–Crippen MR) is 101 cm³/mol. The van der Waals surface area contributed by atoms with E-state index >= 15 is 0 Å². The van der Waals surface area contributed by atoms with Crippen LogP contribution >= 0.6 is 23.1 Å². The van der Waals surface area contributed by atoms with Crippen molar-refractivity contribution < 1.29 is 0 Å². The Labute approximate surface area is 150 Å².